The molecule has 2 N–H and O–H groups in total. The van der Waals surface area contributed by atoms with Crippen molar-refractivity contribution in [2.45, 2.75) is 43.9 Å². The number of hydrogen-bond acceptors (Lipinski definition) is 5. The quantitative estimate of drug-likeness (QED) is 0.864. The first-order valence-electron chi connectivity index (χ1n) is 6.64. The molecule has 19 heavy (non-hydrogen) atoms. The average molecular weight is 281 g/mol. The van der Waals surface area contributed by atoms with Crippen LogP contribution in [0.3, 0.4) is 0 Å². The predicted octanol–water partition coefficient (Wildman–Crippen LogP) is 2.65. The summed E-state index contributed by atoms with van der Waals surface area (Å²) < 4.78 is 0. The summed E-state index contributed by atoms with van der Waals surface area (Å²) in [5, 5.41) is 12.8. The summed E-state index contributed by atoms with van der Waals surface area (Å²) >= 11 is 1.98. The Balaban J connectivity index is 2.00. The van der Waals surface area contributed by atoms with Crippen LogP contribution >= 0.6 is 11.8 Å². The largest absolute Gasteiger partial charge is 0.476 e. The van der Waals surface area contributed by atoms with E-state index < -0.39 is 5.97 Å². The van der Waals surface area contributed by atoms with Crippen LogP contribution in [-0.2, 0) is 0 Å². The van der Waals surface area contributed by atoms with Gasteiger partial charge in [0.05, 0.1) is 12.4 Å². The van der Waals surface area contributed by atoms with Gasteiger partial charge < -0.3 is 10.4 Å². The molecule has 6 heteroatoms. The molecule has 2 atom stereocenters. The summed E-state index contributed by atoms with van der Waals surface area (Å²) in [6.07, 6.45) is 7.70. The van der Waals surface area contributed by atoms with E-state index in [1.54, 1.807) is 0 Å². The molecule has 0 radical (unpaired) electrons. The van der Waals surface area contributed by atoms with E-state index in [2.05, 4.69) is 22.2 Å². The Morgan fingerprint density at radius 3 is 2.84 bits per heavy atom. The molecule has 0 aliphatic heterocycles. The highest BCUT2D eigenvalue weighted by atomic mass is 32.2. The van der Waals surface area contributed by atoms with Gasteiger partial charge in [0.25, 0.3) is 0 Å². The predicted molar refractivity (Wildman–Crippen MR) is 76.8 cm³/mol. The summed E-state index contributed by atoms with van der Waals surface area (Å²) in [6.45, 7) is 2.18. The number of aromatic carboxylic acids is 1. The number of anilines is 1. The maximum atomic E-state index is 10.7. The molecule has 1 fully saturated rings. The Kier molecular flexibility index (Phi) is 5.01. The van der Waals surface area contributed by atoms with Crippen LogP contribution in [0, 0.1) is 0 Å². The first kappa shape index (κ1) is 14.1. The minimum atomic E-state index is -1.05. The summed E-state index contributed by atoms with van der Waals surface area (Å²) in [7, 11) is 0. The second-order valence-electron chi connectivity index (χ2n) is 4.62. The van der Waals surface area contributed by atoms with Gasteiger partial charge in [0.15, 0.2) is 5.69 Å². The number of hydrogen-bond donors (Lipinski definition) is 2. The molecule has 104 valence electrons. The molecule has 1 aliphatic rings. The highest BCUT2D eigenvalue weighted by Gasteiger charge is 2.25. The van der Waals surface area contributed by atoms with Crippen LogP contribution in [0.15, 0.2) is 12.4 Å². The second-order valence-corrected chi connectivity index (χ2v) is 6.14. The number of thioether (sulfide) groups is 1. The van der Waals surface area contributed by atoms with Gasteiger partial charge in [-0.3, -0.25) is 0 Å². The average Bonchev–Trinajstić information content (AvgIpc) is 2.42. The summed E-state index contributed by atoms with van der Waals surface area (Å²) in [6, 6.07) is 0.406. The molecule has 1 aliphatic carbocycles. The number of carboxylic acids is 1. The lowest BCUT2D eigenvalue weighted by molar-refractivity contribution is 0.0690. The number of nitrogens with zero attached hydrogens (tertiary/aromatic N) is 2. The second kappa shape index (κ2) is 6.75. The van der Waals surface area contributed by atoms with E-state index in [4.69, 9.17) is 5.11 Å². The smallest absolute Gasteiger partial charge is 0.356 e. The SMILES string of the molecule is CCSC1CCCCC1Nc1cnc(C(=O)O)cn1. The third-order valence-electron chi connectivity index (χ3n) is 3.29. The maximum Gasteiger partial charge on any atom is 0.356 e. The van der Waals surface area contributed by atoms with Crippen molar-refractivity contribution < 1.29 is 9.90 Å². The lowest BCUT2D eigenvalue weighted by atomic mass is 9.95. The Morgan fingerprint density at radius 1 is 1.42 bits per heavy atom. The molecule has 2 unspecified atom stereocenters. The van der Waals surface area contributed by atoms with Crippen molar-refractivity contribution in [3.8, 4) is 0 Å². The van der Waals surface area contributed by atoms with Gasteiger partial charge in [-0.1, -0.05) is 19.8 Å². The van der Waals surface area contributed by atoms with Gasteiger partial charge in [-0.25, -0.2) is 14.8 Å². The zero-order valence-corrected chi connectivity index (χ0v) is 11.8. The number of carboxylic acid groups (broad SMARTS) is 1. The minimum Gasteiger partial charge on any atom is -0.476 e. The molecule has 1 heterocycles. The molecule has 1 aromatic heterocycles. The topological polar surface area (TPSA) is 75.1 Å². The standard InChI is InChI=1S/C13H19N3O2S/c1-2-19-11-6-4-3-5-9(11)16-12-8-14-10(7-15-12)13(17)18/h7-9,11H,2-6H2,1H3,(H,15,16)(H,17,18). The van der Waals surface area contributed by atoms with Crippen molar-refractivity contribution in [1.29, 1.82) is 0 Å². The third kappa shape index (κ3) is 3.83. The number of carbonyl (C=O) groups is 1. The molecule has 0 spiro atoms. The van der Waals surface area contributed by atoms with Crippen LogP contribution in [0.5, 0.6) is 0 Å². The highest BCUT2D eigenvalue weighted by Crippen LogP contribution is 2.30. The maximum absolute atomic E-state index is 10.7. The monoisotopic (exact) mass is 281 g/mol. The van der Waals surface area contributed by atoms with Crippen LogP contribution in [0.1, 0.15) is 43.1 Å². The van der Waals surface area contributed by atoms with Gasteiger partial charge in [-0.2, -0.15) is 11.8 Å². The Bertz CT molecular complexity index is 422. The number of aromatic nitrogens is 2. The molecule has 0 saturated heterocycles. The van der Waals surface area contributed by atoms with E-state index in [0.29, 0.717) is 17.1 Å². The van der Waals surface area contributed by atoms with E-state index in [-0.39, 0.29) is 5.69 Å². The molecular weight excluding hydrogens is 262 g/mol. The fraction of sp³-hybridized carbons (Fsp3) is 0.615. The minimum absolute atomic E-state index is 0.0197. The molecule has 5 nitrogen and oxygen atoms in total. The van der Waals surface area contributed by atoms with Gasteiger partial charge >= 0.3 is 5.97 Å². The van der Waals surface area contributed by atoms with Crippen molar-refractivity contribution in [2.24, 2.45) is 0 Å². The van der Waals surface area contributed by atoms with Gasteiger partial charge in [0.1, 0.15) is 5.82 Å². The van der Waals surface area contributed by atoms with Crippen LogP contribution in [0.25, 0.3) is 0 Å². The van der Waals surface area contributed by atoms with Crippen molar-refractivity contribution in [1.82, 2.24) is 9.97 Å². The van der Waals surface area contributed by atoms with E-state index in [1.165, 1.54) is 31.7 Å². The van der Waals surface area contributed by atoms with E-state index in [1.807, 2.05) is 11.8 Å². The fourth-order valence-electron chi connectivity index (χ4n) is 2.38. The molecule has 0 bridgehead atoms. The van der Waals surface area contributed by atoms with E-state index >= 15 is 0 Å². The Morgan fingerprint density at radius 2 is 2.21 bits per heavy atom. The van der Waals surface area contributed by atoms with Gasteiger partial charge in [0, 0.05) is 11.3 Å². The van der Waals surface area contributed by atoms with Gasteiger partial charge in [-0.05, 0) is 18.6 Å². The van der Waals surface area contributed by atoms with Crippen LogP contribution in [-0.4, -0.2) is 38.1 Å². The lowest BCUT2D eigenvalue weighted by Gasteiger charge is -2.31. The van der Waals surface area contributed by atoms with Crippen LogP contribution in [0.2, 0.25) is 0 Å². The third-order valence-corrected chi connectivity index (χ3v) is 4.61. The molecule has 2 rings (SSSR count). The first-order chi connectivity index (χ1) is 9.20. The van der Waals surface area contributed by atoms with Crippen molar-refractivity contribution >= 4 is 23.5 Å². The van der Waals surface area contributed by atoms with Crippen LogP contribution in [0.4, 0.5) is 5.82 Å². The van der Waals surface area contributed by atoms with E-state index in [9.17, 15) is 4.79 Å². The first-order valence-corrected chi connectivity index (χ1v) is 7.69. The molecular formula is C13H19N3O2S. The molecule has 0 aromatic carbocycles. The Hall–Kier alpha value is -1.30. The fourth-order valence-corrected chi connectivity index (χ4v) is 3.58. The van der Waals surface area contributed by atoms with Crippen LogP contribution < -0.4 is 5.32 Å². The summed E-state index contributed by atoms with van der Waals surface area (Å²) in [5.74, 6) is 0.738. The normalized spacial score (nSPS) is 23.0. The summed E-state index contributed by atoms with van der Waals surface area (Å²) in [4.78, 5) is 18.7. The molecule has 1 aromatic rings. The highest BCUT2D eigenvalue weighted by molar-refractivity contribution is 7.99. The van der Waals surface area contributed by atoms with E-state index in [0.717, 1.165) is 12.2 Å². The van der Waals surface area contributed by atoms with Gasteiger partial charge in [-0.15, -0.1) is 0 Å². The molecule has 1 saturated carbocycles. The lowest BCUT2D eigenvalue weighted by Crippen LogP contribution is -2.35. The zero-order valence-electron chi connectivity index (χ0n) is 11.0. The Labute approximate surface area is 117 Å². The van der Waals surface area contributed by atoms with Gasteiger partial charge in [0.2, 0.25) is 0 Å². The number of nitrogens with one attached hydrogen (secondary N) is 1. The van der Waals surface area contributed by atoms with Crippen molar-refractivity contribution in [3.05, 3.63) is 18.1 Å². The van der Waals surface area contributed by atoms with Crippen molar-refractivity contribution in [3.63, 3.8) is 0 Å². The zero-order chi connectivity index (χ0) is 13.7. The molecule has 0 amide bonds. The van der Waals surface area contributed by atoms with Crippen molar-refractivity contribution in [2.75, 3.05) is 11.1 Å². The number of rotatable bonds is 5. The summed E-state index contributed by atoms with van der Waals surface area (Å²) in [5.41, 5.74) is -0.0197.